The molecular weight excluding hydrogens is 522 g/mol. The van der Waals surface area contributed by atoms with Crippen LogP contribution in [0.15, 0.2) is 107 Å². The van der Waals surface area contributed by atoms with Gasteiger partial charge in [0.2, 0.25) is 0 Å². The van der Waals surface area contributed by atoms with Crippen LogP contribution in [0, 0.1) is 11.3 Å². The number of aliphatic imine (C=N–C) groups is 1. The van der Waals surface area contributed by atoms with Crippen molar-refractivity contribution in [2.24, 2.45) is 4.99 Å². The van der Waals surface area contributed by atoms with Gasteiger partial charge >= 0.3 is 5.97 Å². The molecule has 4 aromatic rings. The lowest BCUT2D eigenvalue weighted by molar-refractivity contribution is -0.136. The van der Waals surface area contributed by atoms with E-state index in [4.69, 9.17) is 9.84 Å². The van der Waals surface area contributed by atoms with Crippen molar-refractivity contribution in [3.8, 4) is 22.9 Å². The monoisotopic (exact) mass is 545 g/mol. The number of hydrogen-bond acceptors (Lipinski definition) is 6. The van der Waals surface area contributed by atoms with Gasteiger partial charge in [0.15, 0.2) is 5.17 Å². The number of carboxylic acid groups (broad SMARTS) is 1. The van der Waals surface area contributed by atoms with Crippen LogP contribution in [0.25, 0.3) is 17.2 Å². The van der Waals surface area contributed by atoms with Gasteiger partial charge in [-0.2, -0.15) is 5.26 Å². The topological polar surface area (TPSA) is 112 Å². The van der Waals surface area contributed by atoms with Gasteiger partial charge in [-0.25, -0.2) is 4.99 Å². The summed E-state index contributed by atoms with van der Waals surface area (Å²) in [5.41, 5.74) is 5.51. The molecule has 4 aromatic carbocycles. The van der Waals surface area contributed by atoms with Crippen molar-refractivity contribution in [2.75, 3.05) is 0 Å². The lowest BCUT2D eigenvalue weighted by atomic mass is 9.99. The average molecular weight is 546 g/mol. The zero-order chi connectivity index (χ0) is 27.9. The Morgan fingerprint density at radius 1 is 0.950 bits per heavy atom. The molecule has 1 heterocycles. The smallest absolute Gasteiger partial charge is 0.307 e. The molecular formula is C32H23N3O4S. The third kappa shape index (κ3) is 6.46. The second-order valence-electron chi connectivity index (χ2n) is 8.90. The molecule has 1 aliphatic heterocycles. The molecule has 1 amide bonds. The number of amides is 1. The molecule has 0 saturated carbocycles. The minimum Gasteiger partial charge on any atom is -0.488 e. The van der Waals surface area contributed by atoms with E-state index < -0.39 is 5.97 Å². The summed E-state index contributed by atoms with van der Waals surface area (Å²) in [5.74, 6) is -0.510. The minimum absolute atomic E-state index is 0.0567. The van der Waals surface area contributed by atoms with Crippen LogP contribution >= 0.6 is 11.8 Å². The first-order valence-electron chi connectivity index (χ1n) is 12.4. The minimum atomic E-state index is -0.896. The predicted octanol–water partition coefficient (Wildman–Crippen LogP) is 6.32. The van der Waals surface area contributed by atoms with Crippen LogP contribution in [-0.4, -0.2) is 22.2 Å². The molecule has 1 saturated heterocycles. The number of thioether (sulfide) groups is 1. The number of benzene rings is 4. The van der Waals surface area contributed by atoms with Crippen LogP contribution in [0.5, 0.6) is 5.75 Å². The summed E-state index contributed by atoms with van der Waals surface area (Å²) in [5, 5.41) is 21.5. The Morgan fingerprint density at radius 3 is 2.40 bits per heavy atom. The van der Waals surface area contributed by atoms with Crippen molar-refractivity contribution < 1.29 is 19.4 Å². The molecule has 196 valence electrons. The Morgan fingerprint density at radius 2 is 1.65 bits per heavy atom. The standard InChI is InChI=1S/C32H23N3O4S/c33-19-25-6-1-3-7-27(25)23-13-9-22(10-14-23)20-39-28-8-4-2-5-24(28)18-29-31(38)35-32(40-29)34-26-15-11-21(12-16-26)17-30(36)37/h1-16,18H,17,20H2,(H,36,37)(H,34,35,38). The van der Waals surface area contributed by atoms with Gasteiger partial charge in [0.25, 0.3) is 5.91 Å². The number of rotatable bonds is 8. The van der Waals surface area contributed by atoms with Crippen molar-refractivity contribution in [1.82, 2.24) is 5.32 Å². The van der Waals surface area contributed by atoms with E-state index in [1.807, 2.05) is 66.7 Å². The maximum Gasteiger partial charge on any atom is 0.307 e. The summed E-state index contributed by atoms with van der Waals surface area (Å²) in [6, 6.07) is 32.0. The molecule has 2 N–H and O–H groups in total. The summed E-state index contributed by atoms with van der Waals surface area (Å²) in [6.07, 6.45) is 1.72. The van der Waals surface area contributed by atoms with Gasteiger partial charge in [-0.05, 0) is 64.4 Å². The highest BCUT2D eigenvalue weighted by molar-refractivity contribution is 8.18. The Labute approximate surface area is 235 Å². The Bertz CT molecular complexity index is 1670. The lowest BCUT2D eigenvalue weighted by Crippen LogP contribution is -2.19. The number of carbonyl (C=O) groups is 2. The summed E-state index contributed by atoms with van der Waals surface area (Å²) < 4.78 is 6.11. The van der Waals surface area contributed by atoms with E-state index in [2.05, 4.69) is 16.4 Å². The number of carboxylic acids is 1. The molecule has 8 heteroatoms. The third-order valence-corrected chi connectivity index (χ3v) is 7.00. The Kier molecular flexibility index (Phi) is 8.05. The van der Waals surface area contributed by atoms with Crippen LogP contribution in [0.3, 0.4) is 0 Å². The Hall–Kier alpha value is -5.13. The third-order valence-electron chi connectivity index (χ3n) is 6.09. The van der Waals surface area contributed by atoms with Crippen LogP contribution in [0.2, 0.25) is 0 Å². The fourth-order valence-corrected chi connectivity index (χ4v) is 4.94. The number of carbonyl (C=O) groups excluding carboxylic acids is 1. The highest BCUT2D eigenvalue weighted by Crippen LogP contribution is 2.31. The average Bonchev–Trinajstić information content (AvgIpc) is 3.31. The molecule has 1 aliphatic rings. The maximum absolute atomic E-state index is 12.6. The van der Waals surface area contributed by atoms with E-state index in [1.54, 1.807) is 36.4 Å². The fourth-order valence-electron chi connectivity index (χ4n) is 4.11. The number of nitriles is 1. The molecule has 40 heavy (non-hydrogen) atoms. The quantitative estimate of drug-likeness (QED) is 0.251. The first kappa shape index (κ1) is 26.5. The number of hydrogen-bond donors (Lipinski definition) is 2. The summed E-state index contributed by atoms with van der Waals surface area (Å²) in [6.45, 7) is 0.338. The van der Waals surface area contributed by atoms with Crippen LogP contribution < -0.4 is 10.1 Å². The summed E-state index contributed by atoms with van der Waals surface area (Å²) >= 11 is 1.23. The number of para-hydroxylation sites is 1. The first-order chi connectivity index (χ1) is 19.5. The van der Waals surface area contributed by atoms with E-state index in [1.165, 1.54) is 11.8 Å². The zero-order valence-electron chi connectivity index (χ0n) is 21.2. The van der Waals surface area contributed by atoms with Gasteiger partial charge in [0, 0.05) is 5.56 Å². The van der Waals surface area contributed by atoms with E-state index in [9.17, 15) is 14.9 Å². The zero-order valence-corrected chi connectivity index (χ0v) is 22.0. The summed E-state index contributed by atoms with van der Waals surface area (Å²) in [7, 11) is 0. The van der Waals surface area contributed by atoms with Gasteiger partial charge in [-0.1, -0.05) is 72.8 Å². The number of ether oxygens (including phenoxy) is 1. The molecule has 7 nitrogen and oxygen atoms in total. The molecule has 0 aromatic heterocycles. The SMILES string of the molecule is N#Cc1ccccc1-c1ccc(COc2ccccc2C=C2SC(=Nc3ccc(CC(=O)O)cc3)NC2=O)cc1. The van der Waals surface area contributed by atoms with E-state index in [-0.39, 0.29) is 12.3 Å². The van der Waals surface area contributed by atoms with Crippen LogP contribution in [0.4, 0.5) is 5.69 Å². The Balaban J connectivity index is 1.27. The molecule has 1 fully saturated rings. The van der Waals surface area contributed by atoms with E-state index >= 15 is 0 Å². The molecule has 0 spiro atoms. The summed E-state index contributed by atoms with van der Waals surface area (Å²) in [4.78, 5) is 28.5. The van der Waals surface area contributed by atoms with Crippen molar-refractivity contribution >= 4 is 40.6 Å². The normalized spacial score (nSPS) is 14.6. The van der Waals surface area contributed by atoms with Gasteiger partial charge in [-0.15, -0.1) is 0 Å². The number of nitrogens with one attached hydrogen (secondary N) is 1. The fraction of sp³-hybridized carbons (Fsp3) is 0.0625. The van der Waals surface area contributed by atoms with Gasteiger partial charge in [0.05, 0.1) is 28.6 Å². The molecule has 0 bridgehead atoms. The van der Waals surface area contributed by atoms with Gasteiger partial charge in [0.1, 0.15) is 12.4 Å². The van der Waals surface area contributed by atoms with Gasteiger partial charge in [-0.3, -0.25) is 9.59 Å². The number of nitrogens with zero attached hydrogens (tertiary/aromatic N) is 2. The van der Waals surface area contributed by atoms with Crippen LogP contribution in [0.1, 0.15) is 22.3 Å². The van der Waals surface area contributed by atoms with E-state index in [0.29, 0.717) is 39.2 Å². The predicted molar refractivity (Wildman–Crippen MR) is 156 cm³/mol. The van der Waals surface area contributed by atoms with Crippen molar-refractivity contribution in [2.45, 2.75) is 13.0 Å². The maximum atomic E-state index is 12.6. The van der Waals surface area contributed by atoms with E-state index in [0.717, 1.165) is 22.3 Å². The van der Waals surface area contributed by atoms with Crippen molar-refractivity contribution in [3.05, 3.63) is 124 Å². The van der Waals surface area contributed by atoms with Crippen molar-refractivity contribution in [1.29, 1.82) is 5.26 Å². The highest BCUT2D eigenvalue weighted by atomic mass is 32.2. The van der Waals surface area contributed by atoms with Gasteiger partial charge < -0.3 is 15.2 Å². The number of amidine groups is 1. The largest absolute Gasteiger partial charge is 0.488 e. The van der Waals surface area contributed by atoms with Crippen molar-refractivity contribution in [3.63, 3.8) is 0 Å². The molecule has 0 aliphatic carbocycles. The molecule has 5 rings (SSSR count). The lowest BCUT2D eigenvalue weighted by Gasteiger charge is -2.10. The second-order valence-corrected chi connectivity index (χ2v) is 9.93. The first-order valence-corrected chi connectivity index (χ1v) is 13.2. The second kappa shape index (κ2) is 12.2. The van der Waals surface area contributed by atoms with Crippen LogP contribution in [-0.2, 0) is 22.6 Å². The molecule has 0 unspecified atom stereocenters. The highest BCUT2D eigenvalue weighted by Gasteiger charge is 2.24. The molecule has 0 atom stereocenters. The number of aliphatic carboxylic acids is 1. The molecule has 0 radical (unpaired) electrons.